The summed E-state index contributed by atoms with van der Waals surface area (Å²) in [6, 6.07) is 4.71. The first-order chi connectivity index (χ1) is 8.69. The van der Waals surface area contributed by atoms with Crippen LogP contribution in [0.2, 0.25) is 0 Å². The zero-order valence-corrected chi connectivity index (χ0v) is 12.1. The van der Waals surface area contributed by atoms with Crippen molar-refractivity contribution in [3.63, 3.8) is 0 Å². The van der Waals surface area contributed by atoms with E-state index in [0.29, 0.717) is 11.9 Å². The lowest BCUT2D eigenvalue weighted by Gasteiger charge is -2.09. The minimum absolute atomic E-state index is 0.0998. The number of non-ortho nitro benzene ring substituents is 1. The number of unbranched alkanes of at least 4 members (excludes halogenated alkanes) is 3. The van der Waals surface area contributed by atoms with Crippen LogP contribution in [-0.2, 0) is 5.33 Å². The van der Waals surface area contributed by atoms with Gasteiger partial charge < -0.3 is 4.74 Å². The van der Waals surface area contributed by atoms with Crippen molar-refractivity contribution >= 4 is 21.6 Å². The van der Waals surface area contributed by atoms with Crippen molar-refractivity contribution in [3.05, 3.63) is 33.9 Å². The van der Waals surface area contributed by atoms with Crippen LogP contribution in [0.15, 0.2) is 18.2 Å². The van der Waals surface area contributed by atoms with E-state index in [-0.39, 0.29) is 5.69 Å². The Morgan fingerprint density at radius 3 is 2.72 bits per heavy atom. The van der Waals surface area contributed by atoms with Gasteiger partial charge >= 0.3 is 0 Å². The molecule has 0 saturated carbocycles. The largest absolute Gasteiger partial charge is 0.493 e. The summed E-state index contributed by atoms with van der Waals surface area (Å²) in [4.78, 5) is 10.3. The van der Waals surface area contributed by atoms with Crippen LogP contribution in [-0.4, -0.2) is 11.5 Å². The predicted octanol–water partition coefficient (Wildman–Crippen LogP) is 4.45. The first kappa shape index (κ1) is 15.0. The molecule has 0 atom stereocenters. The molecule has 0 radical (unpaired) electrons. The first-order valence-electron chi connectivity index (χ1n) is 6.15. The summed E-state index contributed by atoms with van der Waals surface area (Å²) in [5.74, 6) is 0.731. The first-order valence-corrected chi connectivity index (χ1v) is 7.27. The maximum atomic E-state index is 10.7. The molecule has 0 aliphatic rings. The van der Waals surface area contributed by atoms with Gasteiger partial charge in [-0.2, -0.15) is 0 Å². The monoisotopic (exact) mass is 315 g/mol. The fourth-order valence-corrected chi connectivity index (χ4v) is 2.07. The van der Waals surface area contributed by atoms with Gasteiger partial charge in [0.25, 0.3) is 5.69 Å². The van der Waals surface area contributed by atoms with Crippen LogP contribution >= 0.6 is 15.9 Å². The Kier molecular flexibility index (Phi) is 6.72. The molecule has 0 unspecified atom stereocenters. The Hall–Kier alpha value is -1.10. The second-order valence-electron chi connectivity index (χ2n) is 4.09. The molecule has 4 nitrogen and oxygen atoms in total. The highest BCUT2D eigenvalue weighted by Gasteiger charge is 2.10. The van der Waals surface area contributed by atoms with E-state index in [2.05, 4.69) is 22.9 Å². The predicted molar refractivity (Wildman–Crippen MR) is 75.4 cm³/mol. The number of halogens is 1. The van der Waals surface area contributed by atoms with E-state index in [1.54, 1.807) is 12.1 Å². The molecule has 0 heterocycles. The number of alkyl halides is 1. The van der Waals surface area contributed by atoms with E-state index < -0.39 is 4.92 Å². The zero-order chi connectivity index (χ0) is 13.4. The summed E-state index contributed by atoms with van der Waals surface area (Å²) in [6.07, 6.45) is 4.60. The number of rotatable bonds is 8. The fraction of sp³-hybridized carbons (Fsp3) is 0.538. The van der Waals surface area contributed by atoms with Crippen molar-refractivity contribution in [2.75, 3.05) is 6.61 Å². The van der Waals surface area contributed by atoms with E-state index in [9.17, 15) is 10.1 Å². The van der Waals surface area contributed by atoms with E-state index in [1.165, 1.54) is 18.9 Å². The van der Waals surface area contributed by atoms with Gasteiger partial charge in [-0.25, -0.2) is 0 Å². The molecule has 1 rings (SSSR count). The third-order valence-electron chi connectivity index (χ3n) is 2.65. The Morgan fingerprint density at radius 2 is 2.11 bits per heavy atom. The van der Waals surface area contributed by atoms with Crippen molar-refractivity contribution in [3.8, 4) is 5.75 Å². The second kappa shape index (κ2) is 8.08. The van der Waals surface area contributed by atoms with Crippen molar-refractivity contribution in [1.82, 2.24) is 0 Å². The number of hydrogen-bond acceptors (Lipinski definition) is 3. The average molecular weight is 316 g/mol. The topological polar surface area (TPSA) is 52.4 Å². The Balaban J connectivity index is 2.57. The Morgan fingerprint density at radius 1 is 1.33 bits per heavy atom. The van der Waals surface area contributed by atoms with Gasteiger partial charge in [-0.05, 0) is 12.5 Å². The number of nitrogens with zero attached hydrogens (tertiary/aromatic N) is 1. The molecule has 1 aromatic rings. The minimum Gasteiger partial charge on any atom is -0.493 e. The van der Waals surface area contributed by atoms with Crippen LogP contribution in [0.3, 0.4) is 0 Å². The standard InChI is InChI=1S/C13H18BrNO3/c1-2-3-4-5-8-18-13-7-6-12(15(16)17)9-11(13)10-14/h6-7,9H,2-5,8,10H2,1H3. The summed E-state index contributed by atoms with van der Waals surface area (Å²) in [5.41, 5.74) is 0.919. The highest BCUT2D eigenvalue weighted by molar-refractivity contribution is 9.08. The van der Waals surface area contributed by atoms with Crippen molar-refractivity contribution < 1.29 is 9.66 Å². The van der Waals surface area contributed by atoms with Gasteiger partial charge in [-0.15, -0.1) is 0 Å². The summed E-state index contributed by atoms with van der Waals surface area (Å²) in [5, 5.41) is 11.2. The fourth-order valence-electron chi connectivity index (χ4n) is 1.64. The molecular weight excluding hydrogens is 298 g/mol. The zero-order valence-electron chi connectivity index (χ0n) is 10.5. The number of hydrogen-bond donors (Lipinski definition) is 0. The normalized spacial score (nSPS) is 10.3. The lowest BCUT2D eigenvalue weighted by molar-refractivity contribution is -0.384. The number of nitro groups is 1. The van der Waals surface area contributed by atoms with Crippen LogP contribution in [0.25, 0.3) is 0 Å². The summed E-state index contributed by atoms with van der Waals surface area (Å²) in [6.45, 7) is 2.83. The van der Waals surface area contributed by atoms with Gasteiger partial charge in [0.15, 0.2) is 0 Å². The molecular formula is C13H18BrNO3. The number of nitro benzene ring substituents is 1. The van der Waals surface area contributed by atoms with Crippen molar-refractivity contribution in [2.24, 2.45) is 0 Å². The van der Waals surface area contributed by atoms with Crippen LogP contribution in [0.4, 0.5) is 5.69 Å². The summed E-state index contributed by atoms with van der Waals surface area (Å²) >= 11 is 3.32. The number of benzene rings is 1. The molecule has 5 heteroatoms. The molecule has 0 fully saturated rings. The van der Waals surface area contributed by atoms with Crippen molar-refractivity contribution in [1.29, 1.82) is 0 Å². The van der Waals surface area contributed by atoms with Gasteiger partial charge in [0.05, 0.1) is 11.5 Å². The van der Waals surface area contributed by atoms with Gasteiger partial charge in [0, 0.05) is 23.0 Å². The summed E-state index contributed by atoms with van der Waals surface area (Å²) in [7, 11) is 0. The molecule has 0 bridgehead atoms. The van der Waals surface area contributed by atoms with E-state index in [1.807, 2.05) is 0 Å². The Labute approximate surface area is 116 Å². The number of ether oxygens (including phenoxy) is 1. The molecule has 0 amide bonds. The highest BCUT2D eigenvalue weighted by Crippen LogP contribution is 2.26. The molecule has 0 spiro atoms. The quantitative estimate of drug-likeness (QED) is 0.308. The van der Waals surface area contributed by atoms with Gasteiger partial charge in [-0.1, -0.05) is 42.1 Å². The molecule has 1 aromatic carbocycles. The highest BCUT2D eigenvalue weighted by atomic mass is 79.9. The third kappa shape index (κ3) is 4.64. The van der Waals surface area contributed by atoms with Crippen LogP contribution in [0.5, 0.6) is 5.75 Å². The van der Waals surface area contributed by atoms with E-state index in [4.69, 9.17) is 4.74 Å². The van der Waals surface area contributed by atoms with E-state index >= 15 is 0 Å². The van der Waals surface area contributed by atoms with Crippen molar-refractivity contribution in [2.45, 2.75) is 37.9 Å². The van der Waals surface area contributed by atoms with Gasteiger partial charge in [-0.3, -0.25) is 10.1 Å². The average Bonchev–Trinajstić information content (AvgIpc) is 2.38. The van der Waals surface area contributed by atoms with Gasteiger partial charge in [0.2, 0.25) is 0 Å². The lowest BCUT2D eigenvalue weighted by atomic mass is 10.2. The molecule has 18 heavy (non-hydrogen) atoms. The molecule has 0 aliphatic carbocycles. The SMILES string of the molecule is CCCCCCOc1ccc([N+](=O)[O-])cc1CBr. The maximum Gasteiger partial charge on any atom is 0.270 e. The lowest BCUT2D eigenvalue weighted by Crippen LogP contribution is -2.00. The molecule has 0 saturated heterocycles. The smallest absolute Gasteiger partial charge is 0.270 e. The van der Waals surface area contributed by atoms with Crippen LogP contribution < -0.4 is 4.74 Å². The minimum atomic E-state index is -0.392. The molecule has 0 N–H and O–H groups in total. The summed E-state index contributed by atoms with van der Waals surface area (Å²) < 4.78 is 5.66. The second-order valence-corrected chi connectivity index (χ2v) is 4.65. The molecule has 0 aliphatic heterocycles. The Bertz CT molecular complexity index is 396. The maximum absolute atomic E-state index is 10.7. The van der Waals surface area contributed by atoms with Crippen LogP contribution in [0, 0.1) is 10.1 Å². The third-order valence-corrected chi connectivity index (χ3v) is 3.26. The molecule has 0 aromatic heterocycles. The molecule has 100 valence electrons. The van der Waals surface area contributed by atoms with E-state index in [0.717, 1.165) is 24.2 Å². The van der Waals surface area contributed by atoms with Gasteiger partial charge in [0.1, 0.15) is 5.75 Å². The van der Waals surface area contributed by atoms with Crippen LogP contribution in [0.1, 0.15) is 38.2 Å².